The Balaban J connectivity index is 2.55. The van der Waals surface area contributed by atoms with E-state index >= 15 is 0 Å². The molecule has 0 aliphatic rings. The maximum atomic E-state index is 9.94. The van der Waals surface area contributed by atoms with Crippen LogP contribution in [0.4, 0.5) is 5.82 Å². The lowest BCUT2D eigenvalue weighted by molar-refractivity contribution is -0.109. The molecule has 1 rings (SSSR count). The third-order valence-electron chi connectivity index (χ3n) is 1.71. The Morgan fingerprint density at radius 2 is 2.50 bits per heavy atom. The number of nitrogens with two attached hydrogens (primary N) is 1. The number of anilines is 1. The summed E-state index contributed by atoms with van der Waals surface area (Å²) in [4.78, 5) is 9.94. The molecule has 5 heteroatoms. The summed E-state index contributed by atoms with van der Waals surface area (Å²) in [6.07, 6.45) is 1.39. The molecule has 0 saturated carbocycles. The number of hydrogen-bond donors (Lipinski definition) is 3. The van der Waals surface area contributed by atoms with Crippen molar-refractivity contribution in [3.8, 4) is 0 Å². The Morgan fingerprint density at radius 1 is 1.75 bits per heavy atom. The first-order valence-electron chi connectivity index (χ1n) is 3.72. The van der Waals surface area contributed by atoms with E-state index in [4.69, 9.17) is 5.73 Å². The standard InChI is InChI=1S/C7H12N4O/c1-5-6(2-3-9-4-12)7(8)11-10-5/h4H,2-3H2,1H3,(H,9,12)(H3,8,10,11). The molecule has 12 heavy (non-hydrogen) atoms. The minimum atomic E-state index is 0.584. The molecule has 0 radical (unpaired) electrons. The molecule has 1 aromatic heterocycles. The number of aromatic amines is 1. The van der Waals surface area contributed by atoms with Crippen LogP contribution in [0.5, 0.6) is 0 Å². The highest BCUT2D eigenvalue weighted by atomic mass is 16.1. The largest absolute Gasteiger partial charge is 0.384 e. The number of nitrogen functional groups attached to an aromatic ring is 1. The highest BCUT2D eigenvalue weighted by molar-refractivity contribution is 5.47. The van der Waals surface area contributed by atoms with E-state index in [-0.39, 0.29) is 0 Å². The fourth-order valence-corrected chi connectivity index (χ4v) is 1.05. The van der Waals surface area contributed by atoms with Crippen LogP contribution in [0.25, 0.3) is 0 Å². The van der Waals surface area contributed by atoms with E-state index in [0.717, 1.165) is 11.3 Å². The Bertz CT molecular complexity index is 249. The predicted molar refractivity (Wildman–Crippen MR) is 45.5 cm³/mol. The Hall–Kier alpha value is -1.52. The van der Waals surface area contributed by atoms with E-state index < -0.39 is 0 Å². The number of nitrogens with one attached hydrogen (secondary N) is 2. The van der Waals surface area contributed by atoms with Crippen molar-refractivity contribution in [1.82, 2.24) is 15.5 Å². The highest BCUT2D eigenvalue weighted by Crippen LogP contribution is 2.11. The van der Waals surface area contributed by atoms with Crippen molar-refractivity contribution in [3.63, 3.8) is 0 Å². The lowest BCUT2D eigenvalue weighted by Crippen LogP contribution is -2.15. The van der Waals surface area contributed by atoms with Crippen LogP contribution in [-0.2, 0) is 11.2 Å². The van der Waals surface area contributed by atoms with Crippen molar-refractivity contribution in [3.05, 3.63) is 11.3 Å². The number of hydrogen-bond acceptors (Lipinski definition) is 3. The van der Waals surface area contributed by atoms with Crippen LogP contribution < -0.4 is 11.1 Å². The van der Waals surface area contributed by atoms with Crippen LogP contribution in [0, 0.1) is 6.92 Å². The second-order valence-electron chi connectivity index (χ2n) is 2.52. The molecule has 1 amide bonds. The molecular weight excluding hydrogens is 156 g/mol. The van der Waals surface area contributed by atoms with Gasteiger partial charge >= 0.3 is 0 Å². The molecule has 5 nitrogen and oxygen atoms in total. The van der Waals surface area contributed by atoms with E-state index in [0.29, 0.717) is 25.2 Å². The lowest BCUT2D eigenvalue weighted by atomic mass is 10.2. The van der Waals surface area contributed by atoms with Crippen LogP contribution in [0.3, 0.4) is 0 Å². The maximum Gasteiger partial charge on any atom is 0.207 e. The van der Waals surface area contributed by atoms with Crippen LogP contribution >= 0.6 is 0 Å². The predicted octanol–water partition coefficient (Wildman–Crippen LogP) is -0.411. The summed E-state index contributed by atoms with van der Waals surface area (Å²) >= 11 is 0. The van der Waals surface area contributed by atoms with E-state index in [9.17, 15) is 4.79 Å². The molecule has 1 heterocycles. The molecule has 0 atom stereocenters. The first-order valence-corrected chi connectivity index (χ1v) is 3.72. The molecule has 0 unspecified atom stereocenters. The highest BCUT2D eigenvalue weighted by Gasteiger charge is 2.05. The fraction of sp³-hybridized carbons (Fsp3) is 0.429. The minimum Gasteiger partial charge on any atom is -0.384 e. The molecule has 0 saturated heterocycles. The van der Waals surface area contributed by atoms with Gasteiger partial charge in [-0.25, -0.2) is 0 Å². The first-order chi connectivity index (χ1) is 5.75. The molecule has 0 aromatic carbocycles. The van der Waals surface area contributed by atoms with E-state index in [1.165, 1.54) is 0 Å². The molecular formula is C7H12N4O. The van der Waals surface area contributed by atoms with E-state index in [1.807, 2.05) is 6.92 Å². The number of nitrogens with zero attached hydrogens (tertiary/aromatic N) is 1. The number of aryl methyl sites for hydroxylation is 1. The smallest absolute Gasteiger partial charge is 0.207 e. The minimum absolute atomic E-state index is 0.584. The SMILES string of the molecule is Cc1n[nH]c(N)c1CCNC=O. The number of H-pyrrole nitrogens is 1. The van der Waals surface area contributed by atoms with Crippen LogP contribution in [-0.4, -0.2) is 23.2 Å². The third-order valence-corrected chi connectivity index (χ3v) is 1.71. The van der Waals surface area contributed by atoms with Crippen molar-refractivity contribution < 1.29 is 4.79 Å². The molecule has 1 aromatic rings. The van der Waals surface area contributed by atoms with E-state index in [2.05, 4.69) is 15.5 Å². The molecule has 0 bridgehead atoms. The van der Waals surface area contributed by atoms with Crippen molar-refractivity contribution in [2.75, 3.05) is 12.3 Å². The molecule has 0 fully saturated rings. The Morgan fingerprint density at radius 3 is 3.00 bits per heavy atom. The van der Waals surface area contributed by atoms with Crippen LogP contribution in [0.2, 0.25) is 0 Å². The normalized spacial score (nSPS) is 9.75. The summed E-state index contributed by atoms with van der Waals surface area (Å²) in [5.74, 6) is 0.584. The Kier molecular flexibility index (Phi) is 2.68. The lowest BCUT2D eigenvalue weighted by Gasteiger charge is -1.98. The monoisotopic (exact) mass is 168 g/mol. The molecule has 0 aliphatic carbocycles. The topological polar surface area (TPSA) is 83.8 Å². The van der Waals surface area contributed by atoms with Gasteiger partial charge in [0, 0.05) is 12.1 Å². The van der Waals surface area contributed by atoms with Gasteiger partial charge in [0.2, 0.25) is 6.41 Å². The number of carbonyl (C=O) groups is 1. The van der Waals surface area contributed by atoms with Gasteiger partial charge in [-0.1, -0.05) is 0 Å². The third kappa shape index (κ3) is 1.75. The summed E-state index contributed by atoms with van der Waals surface area (Å²) in [5, 5.41) is 9.17. The maximum absolute atomic E-state index is 9.94. The molecule has 4 N–H and O–H groups in total. The summed E-state index contributed by atoms with van der Waals surface area (Å²) < 4.78 is 0. The second-order valence-corrected chi connectivity index (χ2v) is 2.52. The van der Waals surface area contributed by atoms with Gasteiger partial charge in [0.25, 0.3) is 0 Å². The molecule has 0 spiro atoms. The van der Waals surface area contributed by atoms with Gasteiger partial charge in [-0.3, -0.25) is 9.89 Å². The number of amides is 1. The zero-order valence-electron chi connectivity index (χ0n) is 6.92. The van der Waals surface area contributed by atoms with Gasteiger partial charge < -0.3 is 11.1 Å². The summed E-state index contributed by atoms with van der Waals surface area (Å²) in [6.45, 7) is 2.47. The number of aromatic nitrogens is 2. The van der Waals surface area contributed by atoms with Gasteiger partial charge in [0.1, 0.15) is 5.82 Å². The number of rotatable bonds is 4. The summed E-state index contributed by atoms with van der Waals surface area (Å²) in [5.41, 5.74) is 7.45. The van der Waals surface area contributed by atoms with Crippen molar-refractivity contribution >= 4 is 12.2 Å². The zero-order chi connectivity index (χ0) is 8.97. The summed E-state index contributed by atoms with van der Waals surface area (Å²) in [6, 6.07) is 0. The molecule has 66 valence electrons. The van der Waals surface area contributed by atoms with Crippen molar-refractivity contribution in [2.24, 2.45) is 0 Å². The van der Waals surface area contributed by atoms with Gasteiger partial charge in [-0.2, -0.15) is 5.10 Å². The fourth-order valence-electron chi connectivity index (χ4n) is 1.05. The average Bonchev–Trinajstić information content (AvgIpc) is 2.35. The van der Waals surface area contributed by atoms with Crippen molar-refractivity contribution in [1.29, 1.82) is 0 Å². The van der Waals surface area contributed by atoms with E-state index in [1.54, 1.807) is 0 Å². The van der Waals surface area contributed by atoms with Crippen LogP contribution in [0.15, 0.2) is 0 Å². The first kappa shape index (κ1) is 8.58. The second kappa shape index (κ2) is 3.75. The summed E-state index contributed by atoms with van der Waals surface area (Å²) in [7, 11) is 0. The quantitative estimate of drug-likeness (QED) is 0.422. The molecule has 0 aliphatic heterocycles. The van der Waals surface area contributed by atoms with Crippen LogP contribution in [0.1, 0.15) is 11.3 Å². The van der Waals surface area contributed by atoms with Crippen molar-refractivity contribution in [2.45, 2.75) is 13.3 Å². The van der Waals surface area contributed by atoms with Gasteiger partial charge in [0.05, 0.1) is 5.69 Å². The Labute approximate surface area is 70.3 Å². The number of carbonyl (C=O) groups excluding carboxylic acids is 1. The average molecular weight is 168 g/mol. The zero-order valence-corrected chi connectivity index (χ0v) is 6.92. The van der Waals surface area contributed by atoms with Gasteiger partial charge in [-0.15, -0.1) is 0 Å². The van der Waals surface area contributed by atoms with Gasteiger partial charge in [0.15, 0.2) is 0 Å². The van der Waals surface area contributed by atoms with Gasteiger partial charge in [-0.05, 0) is 13.3 Å².